The maximum absolute atomic E-state index is 12.2. The summed E-state index contributed by atoms with van der Waals surface area (Å²) < 4.78 is 5.21. The largest absolute Gasteiger partial charge is 0.497 e. The van der Waals surface area contributed by atoms with Gasteiger partial charge in [0.05, 0.1) is 7.11 Å². The summed E-state index contributed by atoms with van der Waals surface area (Å²) in [5.41, 5.74) is 4.19. The quantitative estimate of drug-likeness (QED) is 0.746. The molecular weight excluding hydrogens is 326 g/mol. The van der Waals surface area contributed by atoms with Crippen molar-refractivity contribution in [1.82, 2.24) is 5.32 Å². The molecule has 2 N–H and O–H groups in total. The van der Waals surface area contributed by atoms with E-state index >= 15 is 0 Å². The second-order valence-corrected chi connectivity index (χ2v) is 6.15. The highest BCUT2D eigenvalue weighted by molar-refractivity contribution is 5.90. The van der Waals surface area contributed by atoms with Gasteiger partial charge in [-0.3, -0.25) is 0 Å². The monoisotopic (exact) mass is 355 g/mol. The minimum atomic E-state index is -0.188. The van der Waals surface area contributed by atoms with Crippen LogP contribution in [0.4, 0.5) is 16.2 Å². The van der Waals surface area contributed by atoms with Gasteiger partial charge in [0.2, 0.25) is 0 Å². The first-order valence-electron chi connectivity index (χ1n) is 9.10. The Kier molecular flexibility index (Phi) is 7.33. The zero-order valence-electron chi connectivity index (χ0n) is 16.1. The molecule has 0 saturated heterocycles. The Bertz CT molecular complexity index is 727. The number of hydrogen-bond donors (Lipinski definition) is 2. The summed E-state index contributed by atoms with van der Waals surface area (Å²) in [6.45, 7) is 8.79. The lowest BCUT2D eigenvalue weighted by molar-refractivity contribution is 0.252. The van der Waals surface area contributed by atoms with Gasteiger partial charge in [-0.15, -0.1) is 0 Å². The number of hydrogen-bond acceptors (Lipinski definition) is 3. The third kappa shape index (κ3) is 5.41. The first kappa shape index (κ1) is 19.6. The highest BCUT2D eigenvalue weighted by Gasteiger charge is 2.07. The first-order valence-corrected chi connectivity index (χ1v) is 9.10. The van der Waals surface area contributed by atoms with Gasteiger partial charge in [-0.05, 0) is 68.7 Å². The highest BCUT2D eigenvalue weighted by atomic mass is 16.5. The number of methoxy groups -OCH3 is 1. The summed E-state index contributed by atoms with van der Waals surface area (Å²) in [4.78, 5) is 14.4. The molecule has 0 unspecified atom stereocenters. The molecule has 0 fully saturated rings. The van der Waals surface area contributed by atoms with E-state index in [1.807, 2.05) is 43.3 Å². The molecule has 2 aromatic rings. The van der Waals surface area contributed by atoms with Crippen molar-refractivity contribution in [1.29, 1.82) is 0 Å². The van der Waals surface area contributed by atoms with Gasteiger partial charge in [0, 0.05) is 31.0 Å². The third-order valence-corrected chi connectivity index (χ3v) is 4.42. The number of aryl methyl sites for hydroxylation is 1. The third-order valence-electron chi connectivity index (χ3n) is 4.42. The summed E-state index contributed by atoms with van der Waals surface area (Å²) in [5, 5.41) is 5.83. The first-order chi connectivity index (χ1) is 12.6. The van der Waals surface area contributed by atoms with E-state index in [-0.39, 0.29) is 6.03 Å². The predicted octanol–water partition coefficient (Wildman–Crippen LogP) is 4.21. The SMILES string of the molecule is CCN(CC)c1ccc(NC(=O)NCCc2cccc(OC)c2)c(C)c1. The topological polar surface area (TPSA) is 53.6 Å². The lowest BCUT2D eigenvalue weighted by Crippen LogP contribution is -2.30. The molecule has 2 amide bonds. The fourth-order valence-corrected chi connectivity index (χ4v) is 2.89. The van der Waals surface area contributed by atoms with Crippen LogP contribution >= 0.6 is 0 Å². The van der Waals surface area contributed by atoms with Crippen LogP contribution in [0, 0.1) is 6.92 Å². The molecule has 26 heavy (non-hydrogen) atoms. The maximum atomic E-state index is 12.2. The molecule has 0 heterocycles. The van der Waals surface area contributed by atoms with Crippen LogP contribution in [0.2, 0.25) is 0 Å². The Hall–Kier alpha value is -2.69. The lowest BCUT2D eigenvalue weighted by atomic mass is 10.1. The average molecular weight is 355 g/mol. The molecule has 0 spiro atoms. The van der Waals surface area contributed by atoms with E-state index < -0.39 is 0 Å². The van der Waals surface area contributed by atoms with E-state index in [0.717, 1.165) is 42.1 Å². The molecule has 0 aliphatic rings. The Labute approximate surface area is 156 Å². The van der Waals surface area contributed by atoms with E-state index in [0.29, 0.717) is 6.54 Å². The fraction of sp³-hybridized carbons (Fsp3) is 0.381. The second-order valence-electron chi connectivity index (χ2n) is 6.15. The molecule has 0 radical (unpaired) electrons. The number of carbonyl (C=O) groups is 1. The van der Waals surface area contributed by atoms with Crippen LogP contribution in [0.5, 0.6) is 5.75 Å². The number of nitrogens with zero attached hydrogens (tertiary/aromatic N) is 1. The maximum Gasteiger partial charge on any atom is 0.319 e. The summed E-state index contributed by atoms with van der Waals surface area (Å²) >= 11 is 0. The molecular formula is C21H29N3O2. The Morgan fingerprint density at radius 2 is 1.88 bits per heavy atom. The summed E-state index contributed by atoms with van der Waals surface area (Å²) in [7, 11) is 1.65. The standard InChI is InChI=1S/C21H29N3O2/c1-5-24(6-2)18-10-11-20(16(3)14-18)23-21(25)22-13-12-17-8-7-9-19(15-17)26-4/h7-11,14-15H,5-6,12-13H2,1-4H3,(H2,22,23,25). The molecule has 0 aromatic heterocycles. The van der Waals surface area contributed by atoms with Crippen LogP contribution in [-0.4, -0.2) is 32.8 Å². The number of nitrogens with one attached hydrogen (secondary N) is 2. The molecule has 0 aliphatic heterocycles. The van der Waals surface area contributed by atoms with Gasteiger partial charge in [-0.25, -0.2) is 4.79 Å². The number of rotatable bonds is 8. The zero-order chi connectivity index (χ0) is 18.9. The van der Waals surface area contributed by atoms with Crippen molar-refractivity contribution < 1.29 is 9.53 Å². The zero-order valence-corrected chi connectivity index (χ0v) is 16.1. The molecule has 2 aromatic carbocycles. The smallest absolute Gasteiger partial charge is 0.319 e. The van der Waals surface area contributed by atoms with Gasteiger partial charge in [0.15, 0.2) is 0 Å². The summed E-state index contributed by atoms with van der Waals surface area (Å²) in [6, 6.07) is 13.8. The van der Waals surface area contributed by atoms with Gasteiger partial charge < -0.3 is 20.3 Å². The van der Waals surface area contributed by atoms with Crippen LogP contribution in [0.25, 0.3) is 0 Å². The van der Waals surface area contributed by atoms with Crippen molar-refractivity contribution >= 4 is 17.4 Å². The summed E-state index contributed by atoms with van der Waals surface area (Å²) in [6.07, 6.45) is 0.754. The van der Waals surface area contributed by atoms with Gasteiger partial charge in [-0.1, -0.05) is 12.1 Å². The van der Waals surface area contributed by atoms with Crippen molar-refractivity contribution in [2.75, 3.05) is 37.0 Å². The highest BCUT2D eigenvalue weighted by Crippen LogP contribution is 2.22. The van der Waals surface area contributed by atoms with Crippen LogP contribution in [0.1, 0.15) is 25.0 Å². The van der Waals surface area contributed by atoms with Gasteiger partial charge in [0.25, 0.3) is 0 Å². The number of ether oxygens (including phenoxy) is 1. The fourth-order valence-electron chi connectivity index (χ4n) is 2.89. The Morgan fingerprint density at radius 3 is 2.54 bits per heavy atom. The van der Waals surface area contributed by atoms with E-state index in [1.54, 1.807) is 7.11 Å². The Balaban J connectivity index is 1.87. The number of benzene rings is 2. The average Bonchev–Trinajstić information content (AvgIpc) is 2.65. The number of amides is 2. The van der Waals surface area contributed by atoms with E-state index in [9.17, 15) is 4.79 Å². The van der Waals surface area contributed by atoms with Crippen LogP contribution in [0.15, 0.2) is 42.5 Å². The van der Waals surface area contributed by atoms with Crippen LogP contribution < -0.4 is 20.3 Å². The Morgan fingerprint density at radius 1 is 1.12 bits per heavy atom. The van der Waals surface area contributed by atoms with Crippen LogP contribution in [0.3, 0.4) is 0 Å². The van der Waals surface area contributed by atoms with Gasteiger partial charge >= 0.3 is 6.03 Å². The summed E-state index contributed by atoms with van der Waals surface area (Å²) in [5.74, 6) is 0.830. The van der Waals surface area contributed by atoms with Gasteiger partial charge in [-0.2, -0.15) is 0 Å². The molecule has 2 rings (SSSR count). The minimum Gasteiger partial charge on any atom is -0.497 e. The molecule has 5 heteroatoms. The number of carbonyl (C=O) groups excluding carboxylic acids is 1. The second kappa shape index (κ2) is 9.70. The molecule has 5 nitrogen and oxygen atoms in total. The lowest BCUT2D eigenvalue weighted by Gasteiger charge is -2.22. The van der Waals surface area contributed by atoms with Crippen molar-refractivity contribution in [3.63, 3.8) is 0 Å². The molecule has 0 atom stereocenters. The predicted molar refractivity (Wildman–Crippen MR) is 108 cm³/mol. The molecule has 0 bridgehead atoms. The van der Waals surface area contributed by atoms with E-state index in [1.165, 1.54) is 5.69 Å². The van der Waals surface area contributed by atoms with E-state index in [4.69, 9.17) is 4.74 Å². The van der Waals surface area contributed by atoms with Crippen molar-refractivity contribution in [3.8, 4) is 5.75 Å². The molecule has 0 aliphatic carbocycles. The van der Waals surface area contributed by atoms with Gasteiger partial charge in [0.1, 0.15) is 5.75 Å². The number of urea groups is 1. The number of anilines is 2. The van der Waals surface area contributed by atoms with Crippen LogP contribution in [-0.2, 0) is 6.42 Å². The van der Waals surface area contributed by atoms with Crippen molar-refractivity contribution in [2.45, 2.75) is 27.2 Å². The molecule has 140 valence electrons. The normalized spacial score (nSPS) is 10.3. The molecule has 0 saturated carbocycles. The van der Waals surface area contributed by atoms with Crippen molar-refractivity contribution in [2.24, 2.45) is 0 Å². The minimum absolute atomic E-state index is 0.188. The van der Waals surface area contributed by atoms with Crippen molar-refractivity contribution in [3.05, 3.63) is 53.6 Å². The van der Waals surface area contributed by atoms with E-state index in [2.05, 4.69) is 35.4 Å².